The van der Waals surface area contributed by atoms with E-state index in [1.54, 1.807) is 28.8 Å². The fourth-order valence-corrected chi connectivity index (χ4v) is 8.23. The standard InChI is InChI=1S/C29H33N5O5S/c35-29(36)22-7-9-24(10-8-22)39-17-20-2-1-13-34(16-20)40(37,38)18-19-3-5-21(6-4-19)27-26-23(15-32-33-27)14-31-28-25(26)11-12-30-28/h7-12,14-15,19-21,33H,1-6,13,16-18H2,(H,35,36). The number of hydrogen-bond donors (Lipinski definition) is 2. The number of fused-ring (bicyclic) bond motifs is 3. The first-order valence-electron chi connectivity index (χ1n) is 13.9. The van der Waals surface area contributed by atoms with Crippen molar-refractivity contribution < 1.29 is 23.1 Å². The Labute approximate surface area is 232 Å². The van der Waals surface area contributed by atoms with Crippen molar-refractivity contribution in [2.24, 2.45) is 11.8 Å². The van der Waals surface area contributed by atoms with Crippen LogP contribution < -0.4 is 4.74 Å². The molecule has 0 amide bonds. The van der Waals surface area contributed by atoms with Crippen molar-refractivity contribution in [1.29, 1.82) is 0 Å². The van der Waals surface area contributed by atoms with Gasteiger partial charge in [0.15, 0.2) is 5.65 Å². The molecule has 1 aliphatic carbocycles. The molecule has 0 radical (unpaired) electrons. The number of carboxylic acid groups (broad SMARTS) is 1. The number of benzene rings is 1. The second-order valence-electron chi connectivity index (χ2n) is 11.1. The number of piperidine rings is 1. The van der Waals surface area contributed by atoms with E-state index in [1.165, 1.54) is 12.1 Å². The summed E-state index contributed by atoms with van der Waals surface area (Å²) in [6.07, 6.45) is 10.6. The maximum absolute atomic E-state index is 13.4. The summed E-state index contributed by atoms with van der Waals surface area (Å²) >= 11 is 0. The summed E-state index contributed by atoms with van der Waals surface area (Å²) in [5.74, 6) is 0.318. The summed E-state index contributed by atoms with van der Waals surface area (Å²) in [4.78, 5) is 19.8. The molecule has 1 unspecified atom stereocenters. The van der Waals surface area contributed by atoms with Crippen LogP contribution in [0.5, 0.6) is 5.75 Å². The van der Waals surface area contributed by atoms with Crippen LogP contribution in [0.1, 0.15) is 60.5 Å². The van der Waals surface area contributed by atoms with Crippen LogP contribution in [0.2, 0.25) is 0 Å². The molecular weight excluding hydrogens is 530 g/mol. The highest BCUT2D eigenvalue weighted by atomic mass is 32.2. The molecule has 2 aliphatic rings. The number of aromatic amines is 1. The third-order valence-corrected chi connectivity index (χ3v) is 10.4. The average Bonchev–Trinajstić information content (AvgIpc) is 3.46. The molecule has 4 heterocycles. The van der Waals surface area contributed by atoms with Crippen LogP contribution in [0.25, 0.3) is 21.8 Å². The molecule has 1 aliphatic heterocycles. The summed E-state index contributed by atoms with van der Waals surface area (Å²) in [6.45, 7) is 1.41. The first kappa shape index (κ1) is 26.6. The monoisotopic (exact) mass is 563 g/mol. The summed E-state index contributed by atoms with van der Waals surface area (Å²) in [6, 6.07) is 8.29. The lowest BCUT2D eigenvalue weighted by Gasteiger charge is -2.34. The Hall–Kier alpha value is -3.57. The molecule has 1 atom stereocenters. The van der Waals surface area contributed by atoms with E-state index >= 15 is 0 Å². The number of pyridine rings is 1. The van der Waals surface area contributed by atoms with E-state index in [4.69, 9.17) is 9.84 Å². The lowest BCUT2D eigenvalue weighted by atomic mass is 9.80. The van der Waals surface area contributed by atoms with Gasteiger partial charge < -0.3 is 9.84 Å². The fraction of sp³-hybridized carbons (Fsp3) is 0.448. The smallest absolute Gasteiger partial charge is 0.335 e. The van der Waals surface area contributed by atoms with E-state index < -0.39 is 16.0 Å². The minimum absolute atomic E-state index is 0.102. The first-order valence-corrected chi connectivity index (χ1v) is 15.5. The fourth-order valence-electron chi connectivity index (χ4n) is 6.24. The highest BCUT2D eigenvalue weighted by molar-refractivity contribution is 7.89. The quantitative estimate of drug-likeness (QED) is 0.317. The van der Waals surface area contributed by atoms with Crippen molar-refractivity contribution in [3.8, 4) is 5.75 Å². The molecule has 1 aromatic carbocycles. The number of nitrogens with zero attached hydrogens (tertiary/aromatic N) is 4. The third kappa shape index (κ3) is 5.53. The number of aromatic nitrogens is 4. The van der Waals surface area contributed by atoms with Gasteiger partial charge in [-0.1, -0.05) is 0 Å². The normalized spacial score (nSPS) is 22.4. The Morgan fingerprint density at radius 2 is 1.82 bits per heavy atom. The number of ether oxygens (including phenoxy) is 1. The zero-order chi connectivity index (χ0) is 27.7. The van der Waals surface area contributed by atoms with Crippen molar-refractivity contribution in [3.63, 3.8) is 0 Å². The van der Waals surface area contributed by atoms with Gasteiger partial charge in [-0.25, -0.2) is 27.5 Å². The van der Waals surface area contributed by atoms with Gasteiger partial charge in [-0.05, 0) is 74.8 Å². The van der Waals surface area contributed by atoms with E-state index in [0.29, 0.717) is 25.4 Å². The zero-order valence-corrected chi connectivity index (χ0v) is 23.0. The topological polar surface area (TPSA) is 138 Å². The summed E-state index contributed by atoms with van der Waals surface area (Å²) < 4.78 is 34.4. The molecular formula is C29H33N5O5S. The lowest BCUT2D eigenvalue weighted by molar-refractivity contribution is 0.0697. The lowest BCUT2D eigenvalue weighted by Crippen LogP contribution is -2.43. The second-order valence-corrected chi connectivity index (χ2v) is 13.1. The van der Waals surface area contributed by atoms with Gasteiger partial charge in [0, 0.05) is 59.2 Å². The number of carboxylic acids is 1. The van der Waals surface area contributed by atoms with Gasteiger partial charge in [-0.3, -0.25) is 5.10 Å². The number of rotatable bonds is 8. The summed E-state index contributed by atoms with van der Waals surface area (Å²) in [5.41, 5.74) is 2.03. The average molecular weight is 564 g/mol. The molecule has 210 valence electrons. The van der Waals surface area contributed by atoms with Crippen molar-refractivity contribution >= 4 is 37.8 Å². The van der Waals surface area contributed by atoms with E-state index in [0.717, 1.165) is 66.0 Å². The number of nitrogens with one attached hydrogen (secondary N) is 1. The van der Waals surface area contributed by atoms with Crippen molar-refractivity contribution in [2.45, 2.75) is 44.4 Å². The molecule has 10 nitrogen and oxygen atoms in total. The Bertz CT molecular complexity index is 1610. The Morgan fingerprint density at radius 3 is 2.60 bits per heavy atom. The van der Waals surface area contributed by atoms with Gasteiger partial charge in [-0.15, -0.1) is 0 Å². The van der Waals surface area contributed by atoms with Crippen LogP contribution in [-0.2, 0) is 10.0 Å². The number of sulfonamides is 1. The molecule has 6 rings (SSSR count). The number of hydrogen-bond acceptors (Lipinski definition) is 7. The molecule has 2 fully saturated rings. The van der Waals surface area contributed by atoms with Gasteiger partial charge in [-0.2, -0.15) is 5.10 Å². The molecule has 3 aromatic heterocycles. The second kappa shape index (κ2) is 11.1. The van der Waals surface area contributed by atoms with E-state index in [1.807, 2.05) is 12.3 Å². The highest BCUT2D eigenvalue weighted by Gasteiger charge is 2.33. The van der Waals surface area contributed by atoms with Crippen LogP contribution in [0, 0.1) is 11.8 Å². The summed E-state index contributed by atoms with van der Waals surface area (Å²) in [7, 11) is -3.38. The van der Waals surface area contributed by atoms with E-state index in [-0.39, 0.29) is 29.1 Å². The van der Waals surface area contributed by atoms with Crippen LogP contribution in [0.15, 0.2) is 48.9 Å². The number of carbonyl (C=O) groups is 1. The highest BCUT2D eigenvalue weighted by Crippen LogP contribution is 2.39. The van der Waals surface area contributed by atoms with Gasteiger partial charge in [0.1, 0.15) is 5.75 Å². The van der Waals surface area contributed by atoms with Gasteiger partial charge >= 0.3 is 5.97 Å². The Morgan fingerprint density at radius 1 is 1.02 bits per heavy atom. The molecule has 0 spiro atoms. The first-order chi connectivity index (χ1) is 19.4. The van der Waals surface area contributed by atoms with Crippen molar-refractivity contribution in [2.75, 3.05) is 25.4 Å². The van der Waals surface area contributed by atoms with Crippen molar-refractivity contribution in [1.82, 2.24) is 24.5 Å². The zero-order valence-electron chi connectivity index (χ0n) is 22.2. The molecule has 2 N–H and O–H groups in total. The third-order valence-electron chi connectivity index (χ3n) is 8.38. The molecule has 0 bridgehead atoms. The van der Waals surface area contributed by atoms with Crippen LogP contribution in [-0.4, -0.2) is 69.4 Å². The maximum atomic E-state index is 13.4. The predicted octanol–water partition coefficient (Wildman–Crippen LogP) is 4.60. The van der Waals surface area contributed by atoms with E-state index in [2.05, 4.69) is 20.2 Å². The minimum Gasteiger partial charge on any atom is -0.493 e. The largest absolute Gasteiger partial charge is 0.493 e. The molecule has 1 saturated carbocycles. The molecule has 11 heteroatoms. The van der Waals surface area contributed by atoms with Crippen LogP contribution in [0.3, 0.4) is 0 Å². The van der Waals surface area contributed by atoms with Gasteiger partial charge in [0.25, 0.3) is 0 Å². The van der Waals surface area contributed by atoms with Gasteiger partial charge in [0.2, 0.25) is 10.0 Å². The van der Waals surface area contributed by atoms with Crippen molar-refractivity contribution in [3.05, 3.63) is 60.2 Å². The molecule has 4 aromatic rings. The molecule has 40 heavy (non-hydrogen) atoms. The minimum atomic E-state index is -3.38. The van der Waals surface area contributed by atoms with Gasteiger partial charge in [0.05, 0.1) is 24.1 Å². The number of aromatic carboxylic acids is 1. The molecule has 1 saturated heterocycles. The van der Waals surface area contributed by atoms with E-state index in [9.17, 15) is 13.2 Å². The SMILES string of the molecule is O=C(O)c1ccc(OCC2CCCN(S(=O)(=O)CC3CCC(c4[nH]ncc5cnc6nccc6c45)CC3)C2)cc1. The Balaban J connectivity index is 1.05. The Kier molecular flexibility index (Phi) is 7.41. The predicted molar refractivity (Wildman–Crippen MR) is 151 cm³/mol. The maximum Gasteiger partial charge on any atom is 0.335 e. The summed E-state index contributed by atoms with van der Waals surface area (Å²) in [5, 5.41) is 19.8. The van der Waals surface area contributed by atoms with Crippen LogP contribution >= 0.6 is 0 Å². The van der Waals surface area contributed by atoms with Crippen LogP contribution in [0.4, 0.5) is 0 Å². The number of H-pyrrole nitrogens is 1.